The Labute approximate surface area is 98.5 Å². The maximum absolute atomic E-state index is 11.1. The Kier molecular flexibility index (Phi) is 4.39. The van der Waals surface area contributed by atoms with Crippen LogP contribution in [0.15, 0.2) is 36.9 Å². The van der Waals surface area contributed by atoms with Gasteiger partial charge < -0.3 is 5.11 Å². The highest BCUT2D eigenvalue weighted by atomic mass is 16.6. The highest BCUT2D eigenvalue weighted by molar-refractivity contribution is 5.76. The van der Waals surface area contributed by atoms with Crippen molar-refractivity contribution < 1.29 is 14.8 Å². The number of nitro benzene ring substituents is 1. The molecule has 0 saturated carbocycles. The van der Waals surface area contributed by atoms with Crippen LogP contribution in [0.25, 0.3) is 0 Å². The average Bonchev–Trinajstić information content (AvgIpc) is 2.29. The molecule has 0 heterocycles. The van der Waals surface area contributed by atoms with Gasteiger partial charge in [-0.25, -0.2) is 0 Å². The summed E-state index contributed by atoms with van der Waals surface area (Å²) in [6.45, 7) is 3.54. The Morgan fingerprint density at radius 2 is 2.06 bits per heavy atom. The summed E-state index contributed by atoms with van der Waals surface area (Å²) in [5.74, 6) is -1.57. The molecule has 0 saturated heterocycles. The number of nitro groups is 1. The molecule has 0 aliphatic carbocycles. The molecule has 1 rings (SSSR count). The number of non-ortho nitro benzene ring substituents is 1. The van der Waals surface area contributed by atoms with Crippen LogP contribution in [0, 0.1) is 10.1 Å². The minimum atomic E-state index is -0.930. The number of allylic oxidation sites excluding steroid dienone is 1. The number of carboxylic acids is 1. The van der Waals surface area contributed by atoms with E-state index in [1.165, 1.54) is 24.3 Å². The molecular weight excluding hydrogens is 222 g/mol. The molecule has 0 fully saturated rings. The Morgan fingerprint density at radius 1 is 1.47 bits per heavy atom. The van der Waals surface area contributed by atoms with Gasteiger partial charge in [0.1, 0.15) is 0 Å². The first-order chi connectivity index (χ1) is 8.06. The Morgan fingerprint density at radius 3 is 2.47 bits per heavy atom. The largest absolute Gasteiger partial charge is 0.481 e. The first-order valence-corrected chi connectivity index (χ1v) is 5.14. The van der Waals surface area contributed by atoms with E-state index < -0.39 is 16.8 Å². The normalized spacial score (nSPS) is 11.8. The Hall–Kier alpha value is -2.17. The van der Waals surface area contributed by atoms with Crippen molar-refractivity contribution in [2.24, 2.45) is 0 Å². The van der Waals surface area contributed by atoms with E-state index in [0.717, 1.165) is 0 Å². The molecule has 5 nitrogen and oxygen atoms in total. The van der Waals surface area contributed by atoms with E-state index >= 15 is 0 Å². The van der Waals surface area contributed by atoms with Gasteiger partial charge in [-0.2, -0.15) is 0 Å². The van der Waals surface area contributed by atoms with Gasteiger partial charge in [-0.1, -0.05) is 18.2 Å². The number of benzene rings is 1. The molecule has 0 bridgehead atoms. The second-order valence-corrected chi connectivity index (χ2v) is 3.61. The lowest BCUT2D eigenvalue weighted by Gasteiger charge is -2.11. The SMILES string of the molecule is C=CCCC(C(=O)O)c1ccc([N+](=O)[O-])cc1. The van der Waals surface area contributed by atoms with Crippen molar-refractivity contribution in [3.8, 4) is 0 Å². The molecule has 0 spiro atoms. The predicted octanol–water partition coefficient (Wildman–Crippen LogP) is 2.73. The van der Waals surface area contributed by atoms with Crippen LogP contribution >= 0.6 is 0 Å². The first kappa shape index (κ1) is 12.9. The molecule has 17 heavy (non-hydrogen) atoms. The zero-order valence-electron chi connectivity index (χ0n) is 9.20. The summed E-state index contributed by atoms with van der Waals surface area (Å²) >= 11 is 0. The fraction of sp³-hybridized carbons (Fsp3) is 0.250. The number of aliphatic carboxylic acids is 1. The van der Waals surface area contributed by atoms with Gasteiger partial charge in [0.05, 0.1) is 10.8 Å². The number of nitrogens with zero attached hydrogens (tertiary/aromatic N) is 1. The summed E-state index contributed by atoms with van der Waals surface area (Å²) in [4.78, 5) is 21.0. The number of carbonyl (C=O) groups is 1. The second kappa shape index (κ2) is 5.79. The third-order valence-electron chi connectivity index (χ3n) is 2.46. The summed E-state index contributed by atoms with van der Waals surface area (Å²) in [5.41, 5.74) is 0.534. The van der Waals surface area contributed by atoms with E-state index in [2.05, 4.69) is 6.58 Å². The third kappa shape index (κ3) is 3.41. The molecule has 90 valence electrons. The van der Waals surface area contributed by atoms with Crippen molar-refractivity contribution in [3.05, 3.63) is 52.6 Å². The van der Waals surface area contributed by atoms with E-state index in [-0.39, 0.29) is 5.69 Å². The highest BCUT2D eigenvalue weighted by Gasteiger charge is 2.19. The van der Waals surface area contributed by atoms with Gasteiger partial charge in [0.2, 0.25) is 0 Å². The number of carboxylic acid groups (broad SMARTS) is 1. The van der Waals surface area contributed by atoms with Crippen LogP contribution in [0.3, 0.4) is 0 Å². The minimum Gasteiger partial charge on any atom is -0.481 e. The molecule has 1 aromatic carbocycles. The maximum atomic E-state index is 11.1. The molecule has 1 N–H and O–H groups in total. The summed E-state index contributed by atoms with van der Waals surface area (Å²) in [7, 11) is 0. The van der Waals surface area contributed by atoms with Crippen molar-refractivity contribution in [3.63, 3.8) is 0 Å². The van der Waals surface area contributed by atoms with E-state index in [1.807, 2.05) is 0 Å². The lowest BCUT2D eigenvalue weighted by Crippen LogP contribution is -2.11. The maximum Gasteiger partial charge on any atom is 0.310 e. The minimum absolute atomic E-state index is 0.0402. The van der Waals surface area contributed by atoms with Crippen LogP contribution in [-0.4, -0.2) is 16.0 Å². The Balaban J connectivity index is 2.91. The highest BCUT2D eigenvalue weighted by Crippen LogP contribution is 2.24. The molecule has 5 heteroatoms. The zero-order valence-corrected chi connectivity index (χ0v) is 9.20. The van der Waals surface area contributed by atoms with Crippen molar-refractivity contribution in [1.82, 2.24) is 0 Å². The van der Waals surface area contributed by atoms with Gasteiger partial charge in [-0.05, 0) is 18.4 Å². The molecule has 0 aliphatic heterocycles. The van der Waals surface area contributed by atoms with E-state index in [0.29, 0.717) is 18.4 Å². The van der Waals surface area contributed by atoms with E-state index in [9.17, 15) is 14.9 Å². The standard InChI is InChI=1S/C12H13NO4/c1-2-3-4-11(12(14)15)9-5-7-10(8-6-9)13(16)17/h2,5-8,11H,1,3-4H2,(H,14,15). The predicted molar refractivity (Wildman–Crippen MR) is 62.9 cm³/mol. The molecule has 0 amide bonds. The lowest BCUT2D eigenvalue weighted by molar-refractivity contribution is -0.384. The van der Waals surface area contributed by atoms with Gasteiger partial charge >= 0.3 is 5.97 Å². The topological polar surface area (TPSA) is 80.4 Å². The van der Waals surface area contributed by atoms with Crippen molar-refractivity contribution in [2.45, 2.75) is 18.8 Å². The van der Waals surface area contributed by atoms with E-state index in [4.69, 9.17) is 5.11 Å². The number of hydrogen-bond acceptors (Lipinski definition) is 3. The van der Waals surface area contributed by atoms with Crippen molar-refractivity contribution >= 4 is 11.7 Å². The molecule has 1 atom stereocenters. The number of rotatable bonds is 6. The van der Waals surface area contributed by atoms with Crippen LogP contribution in [0.2, 0.25) is 0 Å². The van der Waals surface area contributed by atoms with E-state index in [1.54, 1.807) is 6.08 Å². The molecular formula is C12H13NO4. The lowest BCUT2D eigenvalue weighted by atomic mass is 9.94. The molecule has 1 aromatic rings. The molecule has 0 radical (unpaired) electrons. The van der Waals surface area contributed by atoms with Crippen LogP contribution in [0.5, 0.6) is 0 Å². The summed E-state index contributed by atoms with van der Waals surface area (Å²) in [5, 5.41) is 19.5. The van der Waals surface area contributed by atoms with Crippen LogP contribution < -0.4 is 0 Å². The molecule has 1 unspecified atom stereocenters. The number of hydrogen-bond donors (Lipinski definition) is 1. The summed E-state index contributed by atoms with van der Waals surface area (Å²) in [6, 6.07) is 5.61. The first-order valence-electron chi connectivity index (χ1n) is 5.14. The van der Waals surface area contributed by atoms with Crippen LogP contribution in [0.1, 0.15) is 24.3 Å². The Bertz CT molecular complexity index is 425. The molecule has 0 aliphatic rings. The average molecular weight is 235 g/mol. The van der Waals surface area contributed by atoms with Crippen molar-refractivity contribution in [1.29, 1.82) is 0 Å². The van der Waals surface area contributed by atoms with Gasteiger partial charge in [0.15, 0.2) is 0 Å². The monoisotopic (exact) mass is 235 g/mol. The zero-order chi connectivity index (χ0) is 12.8. The quantitative estimate of drug-likeness (QED) is 0.467. The second-order valence-electron chi connectivity index (χ2n) is 3.61. The van der Waals surface area contributed by atoms with Crippen LogP contribution in [-0.2, 0) is 4.79 Å². The van der Waals surface area contributed by atoms with Crippen LogP contribution in [0.4, 0.5) is 5.69 Å². The fourth-order valence-electron chi connectivity index (χ4n) is 1.55. The summed E-state index contributed by atoms with van der Waals surface area (Å²) < 4.78 is 0. The van der Waals surface area contributed by atoms with Gasteiger partial charge in [0, 0.05) is 12.1 Å². The third-order valence-corrected chi connectivity index (χ3v) is 2.46. The van der Waals surface area contributed by atoms with Gasteiger partial charge in [0.25, 0.3) is 5.69 Å². The molecule has 0 aromatic heterocycles. The van der Waals surface area contributed by atoms with Gasteiger partial charge in [-0.3, -0.25) is 14.9 Å². The summed E-state index contributed by atoms with van der Waals surface area (Å²) in [6.07, 6.45) is 2.69. The fourth-order valence-corrected chi connectivity index (χ4v) is 1.55. The van der Waals surface area contributed by atoms with Crippen molar-refractivity contribution in [2.75, 3.05) is 0 Å². The smallest absolute Gasteiger partial charge is 0.310 e. The van der Waals surface area contributed by atoms with Gasteiger partial charge in [-0.15, -0.1) is 6.58 Å².